The number of allylic oxidation sites excluding steroid dienone is 16. The molecule has 4 atom stereocenters. The van der Waals surface area contributed by atoms with E-state index in [9.17, 15) is 0 Å². The molecule has 6 rings (SSSR count). The van der Waals surface area contributed by atoms with Crippen LogP contribution in [0.2, 0.25) is 53.4 Å². The van der Waals surface area contributed by atoms with Crippen molar-refractivity contribution in [1.82, 2.24) is 0 Å². The Morgan fingerprint density at radius 3 is 1.23 bits per heavy atom. The van der Waals surface area contributed by atoms with E-state index in [1.54, 1.807) is 22.3 Å². The van der Waals surface area contributed by atoms with Crippen molar-refractivity contribution >= 4 is 25.4 Å². The van der Waals surface area contributed by atoms with Gasteiger partial charge in [-0.2, -0.15) is 0 Å². The van der Waals surface area contributed by atoms with Crippen molar-refractivity contribution in [2.75, 3.05) is 0 Å². The molecule has 0 aromatic heterocycles. The van der Waals surface area contributed by atoms with Gasteiger partial charge in [0.05, 0.1) is 8.80 Å². The highest BCUT2D eigenvalue weighted by atomic mass is 28.4. The highest BCUT2D eigenvalue weighted by Crippen LogP contribution is 2.55. The second-order valence-electron chi connectivity index (χ2n) is 18.9. The molecule has 2 aromatic carbocycles. The van der Waals surface area contributed by atoms with Gasteiger partial charge in [0.2, 0.25) is 16.6 Å². The summed E-state index contributed by atoms with van der Waals surface area (Å²) < 4.78 is 13.3. The highest BCUT2D eigenvalue weighted by Gasteiger charge is 2.43. The van der Waals surface area contributed by atoms with Gasteiger partial charge in [-0.3, -0.25) is 0 Å². The summed E-state index contributed by atoms with van der Waals surface area (Å²) in [6, 6.07) is 19.3. The van der Waals surface area contributed by atoms with Gasteiger partial charge in [-0.25, -0.2) is 0 Å². The van der Waals surface area contributed by atoms with Gasteiger partial charge in [0.1, 0.15) is 11.5 Å². The Hall–Kier alpha value is -3.39. The fourth-order valence-corrected chi connectivity index (χ4v) is 14.7. The lowest BCUT2D eigenvalue weighted by Crippen LogP contribution is -2.43. The lowest BCUT2D eigenvalue weighted by Gasteiger charge is -2.36. The predicted molar refractivity (Wildman–Crippen MR) is 237 cm³/mol. The molecule has 2 nitrogen and oxygen atoms in total. The van der Waals surface area contributed by atoms with Crippen LogP contribution >= 0.6 is 0 Å². The summed E-state index contributed by atoms with van der Waals surface area (Å²) in [5.74, 6) is 2.45. The summed E-state index contributed by atoms with van der Waals surface area (Å²) in [5, 5.41) is 0.336. The Morgan fingerprint density at radius 1 is 0.547 bits per heavy atom. The third-order valence-electron chi connectivity index (χ3n) is 13.3. The van der Waals surface area contributed by atoms with Crippen molar-refractivity contribution < 1.29 is 8.85 Å². The Morgan fingerprint density at radius 2 is 0.906 bits per heavy atom. The van der Waals surface area contributed by atoms with Crippen LogP contribution in [-0.2, 0) is 0 Å². The molecule has 0 fully saturated rings. The lowest BCUT2D eigenvalue weighted by molar-refractivity contribution is 0.492. The minimum Gasteiger partial charge on any atom is -0.544 e. The lowest BCUT2D eigenvalue weighted by atomic mass is 9.89. The van der Waals surface area contributed by atoms with E-state index in [1.807, 2.05) is 0 Å². The summed E-state index contributed by atoms with van der Waals surface area (Å²) in [6.45, 7) is 30.4. The van der Waals surface area contributed by atoms with Gasteiger partial charge in [-0.05, 0) is 119 Å². The Kier molecular flexibility index (Phi) is 10.9. The SMILES string of the molecule is CC[SiH](C1C(C)=CC2=C1C=CC=CC2c1ccc(O[Si](C)(C)C(C)(C)C)cc1)C1C(C)=CC2=C1C=CC=CC2c1ccc(O[Si](C)(C)C(C)(C)C)cc1. The van der Waals surface area contributed by atoms with Crippen molar-refractivity contribution in [3.63, 3.8) is 0 Å². The maximum absolute atomic E-state index is 6.65. The van der Waals surface area contributed by atoms with E-state index in [0.29, 0.717) is 11.1 Å². The number of rotatable bonds is 9. The van der Waals surface area contributed by atoms with E-state index < -0.39 is 25.4 Å². The summed E-state index contributed by atoms with van der Waals surface area (Å²) in [6.07, 6.45) is 23.9. The standard InChI is InChI=1S/C48H64O2Si3/c1-14-51(45-33(2)31-43-39(19-15-17-21-41(43)45)35-23-27-37(28-24-35)49-52(10,11)47(4,5)6)46-34(3)32-44-40(20-16-18-22-42(44)46)36-25-29-38(30-26-36)50-53(12,13)48(7,8)9/h15-32,39-40,45-46,51H,14H2,1-13H3. The van der Waals surface area contributed by atoms with E-state index in [1.165, 1.54) is 28.3 Å². The van der Waals surface area contributed by atoms with Gasteiger partial charge >= 0.3 is 0 Å². The fraction of sp³-hybridized carbons (Fsp3) is 0.417. The zero-order valence-electron chi connectivity index (χ0n) is 34.8. The van der Waals surface area contributed by atoms with E-state index in [4.69, 9.17) is 8.85 Å². The van der Waals surface area contributed by atoms with Gasteiger partial charge in [-0.1, -0.05) is 151 Å². The second-order valence-corrected chi connectivity index (χ2v) is 31.9. The average molecular weight is 757 g/mol. The summed E-state index contributed by atoms with van der Waals surface area (Å²) >= 11 is 0. The van der Waals surface area contributed by atoms with Crippen LogP contribution in [0, 0.1) is 0 Å². The van der Waals surface area contributed by atoms with Crippen molar-refractivity contribution in [2.45, 2.75) is 128 Å². The van der Waals surface area contributed by atoms with Crippen LogP contribution in [0.4, 0.5) is 0 Å². The molecule has 4 aliphatic rings. The average Bonchev–Trinajstić information content (AvgIpc) is 3.36. The quantitative estimate of drug-likeness (QED) is 0.237. The molecule has 4 unspecified atom stereocenters. The number of hydrogen-bond acceptors (Lipinski definition) is 2. The molecule has 0 N–H and O–H groups in total. The normalized spacial score (nSPS) is 23.7. The van der Waals surface area contributed by atoms with Crippen LogP contribution in [-0.4, -0.2) is 25.4 Å². The molecule has 4 aliphatic carbocycles. The Bertz CT molecular complexity index is 1810. The highest BCUT2D eigenvalue weighted by molar-refractivity contribution is 6.75. The van der Waals surface area contributed by atoms with E-state index in [2.05, 4.69) is 198 Å². The zero-order valence-corrected chi connectivity index (χ0v) is 38.0. The Labute approximate surface area is 325 Å². The van der Waals surface area contributed by atoms with E-state index in [-0.39, 0.29) is 21.9 Å². The molecule has 0 amide bonds. The minimum atomic E-state index is -1.90. The first kappa shape index (κ1) is 39.3. The first-order chi connectivity index (χ1) is 24.8. The third kappa shape index (κ3) is 7.77. The fourth-order valence-electron chi connectivity index (χ4n) is 8.26. The van der Waals surface area contributed by atoms with Crippen molar-refractivity contribution in [3.8, 4) is 11.5 Å². The van der Waals surface area contributed by atoms with Crippen molar-refractivity contribution in [2.24, 2.45) is 0 Å². The molecule has 0 heterocycles. The maximum atomic E-state index is 6.65. The zero-order chi connectivity index (χ0) is 38.5. The van der Waals surface area contributed by atoms with E-state index >= 15 is 0 Å². The second kappa shape index (κ2) is 14.7. The van der Waals surface area contributed by atoms with Crippen LogP contribution in [0.1, 0.15) is 85.3 Å². The number of benzene rings is 2. The monoisotopic (exact) mass is 756 g/mol. The molecule has 280 valence electrons. The molecule has 0 aliphatic heterocycles. The molecular formula is C48H64O2Si3. The van der Waals surface area contributed by atoms with Crippen LogP contribution < -0.4 is 8.85 Å². The molecule has 0 spiro atoms. The van der Waals surface area contributed by atoms with Crippen LogP contribution in [0.15, 0.2) is 143 Å². The molecule has 0 bridgehead atoms. The summed E-state index contributed by atoms with van der Waals surface area (Å²) in [7, 11) is -5.24. The van der Waals surface area contributed by atoms with Crippen molar-refractivity contribution in [3.05, 3.63) is 154 Å². The first-order valence-corrected chi connectivity index (χ1v) is 27.9. The van der Waals surface area contributed by atoms with Crippen LogP contribution in [0.3, 0.4) is 0 Å². The molecule has 0 saturated heterocycles. The van der Waals surface area contributed by atoms with Gasteiger partial charge in [0, 0.05) is 11.8 Å². The topological polar surface area (TPSA) is 18.5 Å². The third-order valence-corrected chi connectivity index (χ3v) is 26.4. The molecular weight excluding hydrogens is 693 g/mol. The number of hydrogen-bond donors (Lipinski definition) is 0. The van der Waals surface area contributed by atoms with Crippen molar-refractivity contribution in [1.29, 1.82) is 0 Å². The molecule has 0 saturated carbocycles. The Balaban J connectivity index is 1.29. The first-order valence-electron chi connectivity index (χ1n) is 19.9. The van der Waals surface area contributed by atoms with E-state index in [0.717, 1.165) is 11.5 Å². The van der Waals surface area contributed by atoms with Gasteiger partial charge in [0.25, 0.3) is 0 Å². The molecule has 5 heteroatoms. The minimum absolute atomic E-state index is 0.168. The summed E-state index contributed by atoms with van der Waals surface area (Å²) in [4.78, 5) is 0. The predicted octanol–water partition coefficient (Wildman–Crippen LogP) is 14.1. The van der Waals surface area contributed by atoms with Crippen LogP contribution in [0.25, 0.3) is 0 Å². The summed E-state index contributed by atoms with van der Waals surface area (Å²) in [5.41, 5.74) is 12.8. The largest absolute Gasteiger partial charge is 0.544 e. The maximum Gasteiger partial charge on any atom is 0.250 e. The molecule has 0 radical (unpaired) electrons. The van der Waals surface area contributed by atoms with Crippen LogP contribution in [0.5, 0.6) is 11.5 Å². The van der Waals surface area contributed by atoms with Gasteiger partial charge in [-0.15, -0.1) is 0 Å². The molecule has 2 aromatic rings. The molecule has 53 heavy (non-hydrogen) atoms. The van der Waals surface area contributed by atoms with Gasteiger partial charge in [0.15, 0.2) is 0 Å². The smallest absolute Gasteiger partial charge is 0.250 e. The van der Waals surface area contributed by atoms with Gasteiger partial charge < -0.3 is 8.85 Å².